The maximum absolute atomic E-state index is 10.8. The molecule has 0 saturated heterocycles. The van der Waals surface area contributed by atoms with Crippen LogP contribution in [0.25, 0.3) is 0 Å². The van der Waals surface area contributed by atoms with Gasteiger partial charge >= 0.3 is 0 Å². The highest BCUT2D eigenvalue weighted by Crippen LogP contribution is 2.26. The molecule has 1 rings (SSSR count). The average molecular weight is 192 g/mol. The molecule has 0 bridgehead atoms. The number of allylic oxidation sites excluding steroid dienone is 4. The molecule has 1 aliphatic carbocycles. The molecule has 0 saturated carbocycles. The number of carbonyl (C=O) groups excluding carboxylic acids is 1. The van der Waals surface area contributed by atoms with Crippen LogP contribution in [0.5, 0.6) is 0 Å². The van der Waals surface area contributed by atoms with Crippen LogP contribution in [0.3, 0.4) is 0 Å². The van der Waals surface area contributed by atoms with Gasteiger partial charge in [-0.15, -0.1) is 0 Å². The van der Waals surface area contributed by atoms with E-state index in [9.17, 15) is 4.79 Å². The third-order valence-electron chi connectivity index (χ3n) is 2.77. The molecule has 78 valence electrons. The Morgan fingerprint density at radius 2 is 2.00 bits per heavy atom. The minimum Gasteiger partial charge on any atom is -0.298 e. The number of aldehydes is 1. The average Bonchev–Trinajstić information content (AvgIpc) is 2.18. The van der Waals surface area contributed by atoms with Gasteiger partial charge in [0.2, 0.25) is 0 Å². The van der Waals surface area contributed by atoms with E-state index in [1.165, 1.54) is 24.0 Å². The third-order valence-corrected chi connectivity index (χ3v) is 2.77. The van der Waals surface area contributed by atoms with Crippen molar-refractivity contribution in [1.82, 2.24) is 0 Å². The summed E-state index contributed by atoms with van der Waals surface area (Å²) in [6.07, 6.45) is 10.1. The Morgan fingerprint density at radius 1 is 1.29 bits per heavy atom. The van der Waals surface area contributed by atoms with Gasteiger partial charge < -0.3 is 0 Å². The van der Waals surface area contributed by atoms with Gasteiger partial charge in [-0.2, -0.15) is 0 Å². The zero-order chi connectivity index (χ0) is 10.4. The van der Waals surface area contributed by atoms with Crippen molar-refractivity contribution in [1.29, 1.82) is 0 Å². The molecule has 0 aliphatic heterocycles. The lowest BCUT2D eigenvalue weighted by Gasteiger charge is -2.15. The molecule has 1 nitrogen and oxygen atoms in total. The lowest BCUT2D eigenvalue weighted by molar-refractivity contribution is -0.105. The van der Waals surface area contributed by atoms with Gasteiger partial charge in [0.15, 0.2) is 0 Å². The van der Waals surface area contributed by atoms with Crippen LogP contribution in [0.4, 0.5) is 0 Å². The largest absolute Gasteiger partial charge is 0.298 e. The Balaban J connectivity index is 2.52. The summed E-state index contributed by atoms with van der Waals surface area (Å²) in [6, 6.07) is 0. The van der Waals surface area contributed by atoms with Crippen molar-refractivity contribution in [3.05, 3.63) is 22.8 Å². The zero-order valence-electron chi connectivity index (χ0n) is 9.31. The maximum Gasteiger partial charge on any atom is 0.145 e. The molecule has 0 atom stereocenters. The first kappa shape index (κ1) is 11.2. The predicted octanol–water partition coefficient (Wildman–Crippen LogP) is 3.80. The van der Waals surface area contributed by atoms with Crippen LogP contribution < -0.4 is 0 Å². The van der Waals surface area contributed by atoms with E-state index >= 15 is 0 Å². The maximum atomic E-state index is 10.8. The Morgan fingerprint density at radius 3 is 2.64 bits per heavy atom. The first-order valence-corrected chi connectivity index (χ1v) is 5.53. The molecule has 0 fully saturated rings. The summed E-state index contributed by atoms with van der Waals surface area (Å²) >= 11 is 0. The quantitative estimate of drug-likeness (QED) is 0.489. The zero-order valence-corrected chi connectivity index (χ0v) is 9.31. The van der Waals surface area contributed by atoms with Crippen LogP contribution >= 0.6 is 0 Å². The number of hydrogen-bond acceptors (Lipinski definition) is 1. The van der Waals surface area contributed by atoms with Crippen LogP contribution in [0.2, 0.25) is 0 Å². The minimum atomic E-state index is 1.01. The van der Waals surface area contributed by atoms with Crippen molar-refractivity contribution in [2.24, 2.45) is 0 Å². The normalized spacial score (nSPS) is 16.7. The Hall–Kier alpha value is -0.850. The molecular weight excluding hydrogens is 172 g/mol. The van der Waals surface area contributed by atoms with Gasteiger partial charge in [0.1, 0.15) is 6.29 Å². The Bertz CT molecular complexity index is 254. The van der Waals surface area contributed by atoms with E-state index in [1.807, 2.05) is 0 Å². The second kappa shape index (κ2) is 5.79. The van der Waals surface area contributed by atoms with Gasteiger partial charge in [-0.1, -0.05) is 17.2 Å². The second-order valence-corrected chi connectivity index (χ2v) is 4.27. The van der Waals surface area contributed by atoms with Gasteiger partial charge in [-0.3, -0.25) is 4.79 Å². The molecule has 0 aromatic heterocycles. The van der Waals surface area contributed by atoms with Gasteiger partial charge in [0.05, 0.1) is 0 Å². The topological polar surface area (TPSA) is 17.1 Å². The summed E-state index contributed by atoms with van der Waals surface area (Å²) in [4.78, 5) is 10.8. The number of hydrogen-bond donors (Lipinski definition) is 0. The summed E-state index contributed by atoms with van der Waals surface area (Å²) < 4.78 is 0. The van der Waals surface area contributed by atoms with E-state index in [4.69, 9.17) is 0 Å². The Kier molecular flexibility index (Phi) is 4.64. The first-order chi connectivity index (χ1) is 6.74. The molecule has 0 radical (unpaired) electrons. The fourth-order valence-corrected chi connectivity index (χ4v) is 1.95. The van der Waals surface area contributed by atoms with Gasteiger partial charge in [0.25, 0.3) is 0 Å². The molecular formula is C13H20O. The van der Waals surface area contributed by atoms with Crippen molar-refractivity contribution in [2.75, 3.05) is 0 Å². The van der Waals surface area contributed by atoms with Crippen LogP contribution in [0, 0.1) is 0 Å². The van der Waals surface area contributed by atoms with Crippen molar-refractivity contribution in [3.8, 4) is 0 Å². The molecule has 0 heterocycles. The summed E-state index contributed by atoms with van der Waals surface area (Å²) in [5, 5.41) is 0. The molecule has 0 N–H and O–H groups in total. The molecule has 1 aliphatic rings. The molecule has 0 aromatic carbocycles. The van der Waals surface area contributed by atoms with Crippen molar-refractivity contribution in [2.45, 2.75) is 52.4 Å². The van der Waals surface area contributed by atoms with E-state index < -0.39 is 0 Å². The summed E-state index contributed by atoms with van der Waals surface area (Å²) in [5.41, 5.74) is 3.86. The van der Waals surface area contributed by atoms with Gasteiger partial charge in [-0.05, 0) is 57.9 Å². The lowest BCUT2D eigenvalue weighted by atomic mass is 9.89. The number of rotatable bonds is 4. The highest BCUT2D eigenvalue weighted by molar-refractivity contribution is 5.74. The van der Waals surface area contributed by atoms with E-state index in [-0.39, 0.29) is 0 Å². The van der Waals surface area contributed by atoms with Crippen molar-refractivity contribution in [3.63, 3.8) is 0 Å². The summed E-state index contributed by atoms with van der Waals surface area (Å²) in [6.45, 7) is 4.24. The summed E-state index contributed by atoms with van der Waals surface area (Å²) in [5.74, 6) is 0. The molecule has 14 heavy (non-hydrogen) atoms. The number of carbonyl (C=O) groups is 1. The first-order valence-electron chi connectivity index (χ1n) is 5.53. The fraction of sp³-hybridized carbons (Fsp3) is 0.615. The fourth-order valence-electron chi connectivity index (χ4n) is 1.95. The molecule has 0 unspecified atom stereocenters. The molecule has 1 heteroatoms. The van der Waals surface area contributed by atoms with E-state index in [0.29, 0.717) is 0 Å². The Labute approximate surface area is 86.9 Å². The van der Waals surface area contributed by atoms with E-state index in [1.54, 1.807) is 0 Å². The van der Waals surface area contributed by atoms with Crippen LogP contribution in [-0.2, 0) is 4.79 Å². The van der Waals surface area contributed by atoms with Crippen molar-refractivity contribution >= 4 is 6.29 Å². The SMILES string of the molecule is CC(C)=CCCC1=C(C=O)CCCC1. The smallest absolute Gasteiger partial charge is 0.145 e. The third kappa shape index (κ3) is 3.49. The standard InChI is InChI=1S/C13H20O/c1-11(2)6-5-9-12-7-3-4-8-13(12)10-14/h6,10H,3-5,7-9H2,1-2H3. The van der Waals surface area contributed by atoms with Crippen LogP contribution in [0.1, 0.15) is 52.4 Å². The molecule has 0 amide bonds. The van der Waals surface area contributed by atoms with E-state index in [0.717, 1.165) is 37.5 Å². The van der Waals surface area contributed by atoms with Crippen LogP contribution in [0.15, 0.2) is 22.8 Å². The highest BCUT2D eigenvalue weighted by atomic mass is 16.1. The van der Waals surface area contributed by atoms with Crippen LogP contribution in [-0.4, -0.2) is 6.29 Å². The minimum absolute atomic E-state index is 1.01. The molecule has 0 spiro atoms. The second-order valence-electron chi connectivity index (χ2n) is 4.27. The summed E-state index contributed by atoms with van der Waals surface area (Å²) in [7, 11) is 0. The van der Waals surface area contributed by atoms with Gasteiger partial charge in [0, 0.05) is 0 Å². The van der Waals surface area contributed by atoms with Crippen molar-refractivity contribution < 1.29 is 4.79 Å². The monoisotopic (exact) mass is 192 g/mol. The van der Waals surface area contributed by atoms with Gasteiger partial charge in [-0.25, -0.2) is 0 Å². The lowest BCUT2D eigenvalue weighted by Crippen LogP contribution is -2.00. The molecule has 0 aromatic rings. The predicted molar refractivity (Wildman–Crippen MR) is 60.2 cm³/mol. The van der Waals surface area contributed by atoms with E-state index in [2.05, 4.69) is 19.9 Å². The highest BCUT2D eigenvalue weighted by Gasteiger charge is 2.10.